The highest BCUT2D eigenvalue weighted by Crippen LogP contribution is 2.05. The van der Waals surface area contributed by atoms with Crippen molar-refractivity contribution >= 4 is 5.97 Å². The minimum atomic E-state index is -1.04. The summed E-state index contributed by atoms with van der Waals surface area (Å²) in [7, 11) is 0. The van der Waals surface area contributed by atoms with Crippen LogP contribution in [0.1, 0.15) is 27.7 Å². The number of aromatic carboxylic acids is 1. The molecule has 0 aromatic carbocycles. The van der Waals surface area contributed by atoms with Crippen LogP contribution in [0.25, 0.3) is 0 Å². The third-order valence-corrected chi connectivity index (χ3v) is 2.19. The lowest BCUT2D eigenvalue weighted by Crippen LogP contribution is -2.07. The number of aryl methyl sites for hydroxylation is 1. The molecular formula is C12H11N3O2. The van der Waals surface area contributed by atoms with Gasteiger partial charge in [-0.15, -0.1) is 0 Å². The van der Waals surface area contributed by atoms with Gasteiger partial charge in [0, 0.05) is 17.6 Å². The van der Waals surface area contributed by atoms with Gasteiger partial charge in [-0.2, -0.15) is 0 Å². The summed E-state index contributed by atoms with van der Waals surface area (Å²) in [6, 6.07) is 7.00. The van der Waals surface area contributed by atoms with E-state index in [0.29, 0.717) is 17.9 Å². The van der Waals surface area contributed by atoms with Gasteiger partial charge < -0.3 is 5.11 Å². The van der Waals surface area contributed by atoms with Crippen LogP contribution in [0.2, 0.25) is 0 Å². The first-order chi connectivity index (χ1) is 8.15. The molecule has 2 rings (SSSR count). The summed E-state index contributed by atoms with van der Waals surface area (Å²) >= 11 is 0. The van der Waals surface area contributed by atoms with Gasteiger partial charge in [-0.1, -0.05) is 6.07 Å². The molecule has 2 heterocycles. The summed E-state index contributed by atoms with van der Waals surface area (Å²) in [6.45, 7) is 1.75. The van der Waals surface area contributed by atoms with E-state index in [1.807, 2.05) is 18.2 Å². The van der Waals surface area contributed by atoms with Crippen LogP contribution in [0, 0.1) is 6.92 Å². The fourth-order valence-corrected chi connectivity index (χ4v) is 1.48. The lowest BCUT2D eigenvalue weighted by atomic mass is 10.2. The number of carboxylic acids is 1. The molecule has 2 aromatic rings. The molecule has 0 radical (unpaired) electrons. The van der Waals surface area contributed by atoms with Crippen molar-refractivity contribution < 1.29 is 9.90 Å². The van der Waals surface area contributed by atoms with Crippen molar-refractivity contribution in [3.05, 3.63) is 53.4 Å². The molecule has 2 aromatic heterocycles. The smallest absolute Gasteiger partial charge is 0.354 e. The summed E-state index contributed by atoms with van der Waals surface area (Å²) < 4.78 is 0. The lowest BCUT2D eigenvalue weighted by Gasteiger charge is -2.02. The zero-order valence-electron chi connectivity index (χ0n) is 9.29. The molecule has 0 saturated heterocycles. The second kappa shape index (κ2) is 4.69. The highest BCUT2D eigenvalue weighted by atomic mass is 16.4. The molecule has 5 heteroatoms. The van der Waals surface area contributed by atoms with E-state index >= 15 is 0 Å². The fraction of sp³-hybridized carbons (Fsp3) is 0.167. The van der Waals surface area contributed by atoms with Gasteiger partial charge in [0.1, 0.15) is 5.82 Å². The van der Waals surface area contributed by atoms with Crippen LogP contribution in [0.3, 0.4) is 0 Å². The molecule has 0 aliphatic rings. The third kappa shape index (κ3) is 2.84. The van der Waals surface area contributed by atoms with Crippen LogP contribution in [0.15, 0.2) is 30.5 Å². The number of pyridine rings is 1. The summed E-state index contributed by atoms with van der Waals surface area (Å²) in [5.41, 5.74) is 1.47. The number of hydrogen-bond acceptors (Lipinski definition) is 4. The number of carbonyl (C=O) groups is 1. The minimum absolute atomic E-state index is 0.0171. The van der Waals surface area contributed by atoms with Crippen molar-refractivity contribution in [2.75, 3.05) is 0 Å². The highest BCUT2D eigenvalue weighted by Gasteiger charge is 2.09. The number of nitrogens with zero attached hydrogens (tertiary/aromatic N) is 3. The molecule has 5 nitrogen and oxygen atoms in total. The molecule has 0 amide bonds. The van der Waals surface area contributed by atoms with Crippen molar-refractivity contribution in [3.63, 3.8) is 0 Å². The van der Waals surface area contributed by atoms with Crippen LogP contribution in [-0.2, 0) is 6.42 Å². The van der Waals surface area contributed by atoms with Gasteiger partial charge in [-0.05, 0) is 25.1 Å². The van der Waals surface area contributed by atoms with Gasteiger partial charge in [0.2, 0.25) is 0 Å². The average molecular weight is 229 g/mol. The molecule has 0 bridgehead atoms. The van der Waals surface area contributed by atoms with Crippen molar-refractivity contribution in [1.82, 2.24) is 15.0 Å². The molecule has 1 N–H and O–H groups in total. The maximum atomic E-state index is 10.9. The van der Waals surface area contributed by atoms with E-state index in [2.05, 4.69) is 15.0 Å². The van der Waals surface area contributed by atoms with E-state index in [4.69, 9.17) is 5.11 Å². The van der Waals surface area contributed by atoms with Crippen molar-refractivity contribution in [2.45, 2.75) is 13.3 Å². The van der Waals surface area contributed by atoms with E-state index in [-0.39, 0.29) is 5.69 Å². The number of rotatable bonds is 3. The molecule has 0 fully saturated rings. The quantitative estimate of drug-likeness (QED) is 0.862. The van der Waals surface area contributed by atoms with Crippen molar-refractivity contribution in [1.29, 1.82) is 0 Å². The maximum Gasteiger partial charge on any atom is 0.354 e. The SMILES string of the molecule is Cc1cc(C(=O)O)nc(Cc2ccccn2)n1. The number of aromatic nitrogens is 3. The van der Waals surface area contributed by atoms with Gasteiger partial charge in [0.25, 0.3) is 0 Å². The molecular weight excluding hydrogens is 218 g/mol. The molecule has 0 spiro atoms. The largest absolute Gasteiger partial charge is 0.477 e. The van der Waals surface area contributed by atoms with Gasteiger partial charge in [0.05, 0.1) is 6.42 Å². The Morgan fingerprint density at radius 2 is 2.18 bits per heavy atom. The Morgan fingerprint density at radius 3 is 2.82 bits per heavy atom. The Labute approximate surface area is 98.2 Å². The topological polar surface area (TPSA) is 76.0 Å². The van der Waals surface area contributed by atoms with E-state index in [9.17, 15) is 4.79 Å². The summed E-state index contributed by atoms with van der Waals surface area (Å²) in [5.74, 6) is -0.570. The van der Waals surface area contributed by atoms with Gasteiger partial charge in [-0.25, -0.2) is 14.8 Å². The fourth-order valence-electron chi connectivity index (χ4n) is 1.48. The van der Waals surface area contributed by atoms with Gasteiger partial charge >= 0.3 is 5.97 Å². The molecule has 0 aliphatic heterocycles. The predicted octanol–water partition coefficient (Wildman–Crippen LogP) is 1.47. The number of carboxylic acid groups (broad SMARTS) is 1. The van der Waals surface area contributed by atoms with Crippen LogP contribution in [0.4, 0.5) is 0 Å². The van der Waals surface area contributed by atoms with Crippen LogP contribution < -0.4 is 0 Å². The second-order valence-corrected chi connectivity index (χ2v) is 3.61. The Balaban J connectivity index is 2.30. The first-order valence-corrected chi connectivity index (χ1v) is 5.13. The van der Waals surface area contributed by atoms with Crippen LogP contribution >= 0.6 is 0 Å². The molecule has 86 valence electrons. The monoisotopic (exact) mass is 229 g/mol. The summed E-state index contributed by atoms with van der Waals surface area (Å²) in [4.78, 5) is 23.2. The summed E-state index contributed by atoms with van der Waals surface area (Å²) in [6.07, 6.45) is 2.12. The van der Waals surface area contributed by atoms with Crippen LogP contribution in [-0.4, -0.2) is 26.0 Å². The molecule has 17 heavy (non-hydrogen) atoms. The molecule has 0 unspecified atom stereocenters. The first kappa shape index (κ1) is 11.2. The van der Waals surface area contributed by atoms with E-state index in [1.165, 1.54) is 6.07 Å². The van der Waals surface area contributed by atoms with E-state index in [0.717, 1.165) is 5.69 Å². The van der Waals surface area contributed by atoms with Gasteiger partial charge in [0.15, 0.2) is 5.69 Å². The zero-order chi connectivity index (χ0) is 12.3. The zero-order valence-corrected chi connectivity index (χ0v) is 9.29. The lowest BCUT2D eigenvalue weighted by molar-refractivity contribution is 0.0689. The Hall–Kier alpha value is -2.30. The molecule has 0 atom stereocenters. The predicted molar refractivity (Wildman–Crippen MR) is 60.8 cm³/mol. The Morgan fingerprint density at radius 1 is 1.35 bits per heavy atom. The van der Waals surface area contributed by atoms with E-state index < -0.39 is 5.97 Å². The average Bonchev–Trinajstić information content (AvgIpc) is 2.29. The summed E-state index contributed by atoms with van der Waals surface area (Å²) in [5, 5.41) is 8.89. The Kier molecular flexibility index (Phi) is 3.09. The van der Waals surface area contributed by atoms with Crippen LogP contribution in [0.5, 0.6) is 0 Å². The van der Waals surface area contributed by atoms with E-state index in [1.54, 1.807) is 13.1 Å². The highest BCUT2D eigenvalue weighted by molar-refractivity contribution is 5.85. The Bertz CT molecular complexity index is 541. The third-order valence-electron chi connectivity index (χ3n) is 2.19. The normalized spacial score (nSPS) is 10.2. The van der Waals surface area contributed by atoms with Crippen molar-refractivity contribution in [3.8, 4) is 0 Å². The van der Waals surface area contributed by atoms with Crippen molar-refractivity contribution in [2.24, 2.45) is 0 Å². The maximum absolute atomic E-state index is 10.9. The minimum Gasteiger partial charge on any atom is -0.477 e. The molecule has 0 saturated carbocycles. The standard InChI is InChI=1S/C12H11N3O2/c1-8-6-10(12(16)17)15-11(14-8)7-9-4-2-3-5-13-9/h2-6H,7H2,1H3,(H,16,17). The van der Waals surface area contributed by atoms with Gasteiger partial charge in [-0.3, -0.25) is 4.98 Å². The first-order valence-electron chi connectivity index (χ1n) is 5.13. The second-order valence-electron chi connectivity index (χ2n) is 3.61. The number of hydrogen-bond donors (Lipinski definition) is 1. The molecule has 0 aliphatic carbocycles.